The summed E-state index contributed by atoms with van der Waals surface area (Å²) in [6, 6.07) is 8.69. The van der Waals surface area contributed by atoms with Crippen molar-refractivity contribution in [3.8, 4) is 0 Å². The number of amides is 2. The number of carbonyl (C=O) groups is 2. The van der Waals surface area contributed by atoms with Crippen LogP contribution in [0.1, 0.15) is 40.1 Å². The molecule has 0 saturated carbocycles. The fraction of sp³-hybridized carbons (Fsp3) is 0.353. The quantitative estimate of drug-likeness (QED) is 0.945. The zero-order valence-corrected chi connectivity index (χ0v) is 13.2. The molecule has 2 amide bonds. The standard InChI is InChI=1S/C17H20N4O2/c1-20-15(9-10-18-20)16(22)19-14-7-5-13(6-8-14)17(23)21-11-3-2-4-12-21/h5-10H,2-4,11-12H2,1H3,(H,19,22). The van der Waals surface area contributed by atoms with Gasteiger partial charge in [0, 0.05) is 37.6 Å². The van der Waals surface area contributed by atoms with Crippen molar-refractivity contribution < 1.29 is 9.59 Å². The lowest BCUT2D eigenvalue weighted by atomic mass is 10.1. The zero-order chi connectivity index (χ0) is 16.2. The van der Waals surface area contributed by atoms with Crippen LogP contribution < -0.4 is 5.32 Å². The van der Waals surface area contributed by atoms with Gasteiger partial charge in [-0.1, -0.05) is 0 Å². The summed E-state index contributed by atoms with van der Waals surface area (Å²) in [6.45, 7) is 1.66. The number of hydrogen-bond acceptors (Lipinski definition) is 3. The number of likely N-dealkylation sites (tertiary alicyclic amines) is 1. The van der Waals surface area contributed by atoms with Gasteiger partial charge in [0.25, 0.3) is 11.8 Å². The maximum atomic E-state index is 12.4. The molecule has 1 saturated heterocycles. The van der Waals surface area contributed by atoms with E-state index in [1.807, 2.05) is 4.90 Å². The minimum Gasteiger partial charge on any atom is -0.339 e. The number of piperidine rings is 1. The van der Waals surface area contributed by atoms with Crippen molar-refractivity contribution in [2.45, 2.75) is 19.3 Å². The molecule has 1 aromatic heterocycles. The monoisotopic (exact) mass is 312 g/mol. The van der Waals surface area contributed by atoms with E-state index in [-0.39, 0.29) is 11.8 Å². The molecule has 3 rings (SSSR count). The van der Waals surface area contributed by atoms with Gasteiger partial charge in [0.2, 0.25) is 0 Å². The van der Waals surface area contributed by atoms with Gasteiger partial charge in [0.05, 0.1) is 0 Å². The van der Waals surface area contributed by atoms with Crippen LogP contribution >= 0.6 is 0 Å². The summed E-state index contributed by atoms with van der Waals surface area (Å²) in [7, 11) is 1.72. The summed E-state index contributed by atoms with van der Waals surface area (Å²) in [6.07, 6.45) is 4.92. The Morgan fingerprint density at radius 3 is 2.35 bits per heavy atom. The van der Waals surface area contributed by atoms with E-state index >= 15 is 0 Å². The van der Waals surface area contributed by atoms with Gasteiger partial charge < -0.3 is 10.2 Å². The fourth-order valence-corrected chi connectivity index (χ4v) is 2.77. The van der Waals surface area contributed by atoms with Gasteiger partial charge in [-0.2, -0.15) is 5.10 Å². The molecule has 23 heavy (non-hydrogen) atoms. The Labute approximate surface area is 135 Å². The minimum absolute atomic E-state index is 0.0641. The number of carbonyl (C=O) groups excluding carboxylic acids is 2. The highest BCUT2D eigenvalue weighted by molar-refractivity contribution is 6.03. The number of hydrogen-bond donors (Lipinski definition) is 1. The predicted molar refractivity (Wildman–Crippen MR) is 87.4 cm³/mol. The van der Waals surface area contributed by atoms with E-state index in [1.54, 1.807) is 43.6 Å². The van der Waals surface area contributed by atoms with Gasteiger partial charge in [-0.3, -0.25) is 14.3 Å². The molecule has 0 unspecified atom stereocenters. The molecule has 6 heteroatoms. The first kappa shape index (κ1) is 15.3. The van der Waals surface area contributed by atoms with Crippen LogP contribution in [0.4, 0.5) is 5.69 Å². The Morgan fingerprint density at radius 2 is 1.74 bits per heavy atom. The third kappa shape index (κ3) is 3.41. The molecule has 0 spiro atoms. The molecule has 2 heterocycles. The molecule has 1 aliphatic heterocycles. The molecule has 1 aliphatic rings. The molecule has 120 valence electrons. The third-order valence-electron chi connectivity index (χ3n) is 4.09. The van der Waals surface area contributed by atoms with Crippen molar-refractivity contribution in [1.82, 2.24) is 14.7 Å². The molecule has 1 N–H and O–H groups in total. The minimum atomic E-state index is -0.222. The molecule has 0 aliphatic carbocycles. The van der Waals surface area contributed by atoms with Crippen LogP contribution in [-0.2, 0) is 7.05 Å². The van der Waals surface area contributed by atoms with Crippen molar-refractivity contribution in [2.24, 2.45) is 7.05 Å². The average molecular weight is 312 g/mol. The van der Waals surface area contributed by atoms with Crippen LogP contribution in [0.25, 0.3) is 0 Å². The van der Waals surface area contributed by atoms with Crippen LogP contribution in [0.2, 0.25) is 0 Å². The Kier molecular flexibility index (Phi) is 4.41. The number of anilines is 1. The van der Waals surface area contributed by atoms with E-state index in [4.69, 9.17) is 0 Å². The van der Waals surface area contributed by atoms with Crippen LogP contribution in [0.5, 0.6) is 0 Å². The van der Waals surface area contributed by atoms with E-state index in [9.17, 15) is 9.59 Å². The Bertz CT molecular complexity index is 700. The SMILES string of the molecule is Cn1nccc1C(=O)Nc1ccc(C(=O)N2CCCCC2)cc1. The van der Waals surface area contributed by atoms with Gasteiger partial charge in [-0.25, -0.2) is 0 Å². The third-order valence-corrected chi connectivity index (χ3v) is 4.09. The van der Waals surface area contributed by atoms with Crippen molar-refractivity contribution in [3.63, 3.8) is 0 Å². The second-order valence-electron chi connectivity index (χ2n) is 5.72. The second-order valence-corrected chi connectivity index (χ2v) is 5.72. The smallest absolute Gasteiger partial charge is 0.273 e. The first-order valence-corrected chi connectivity index (χ1v) is 7.84. The first-order valence-electron chi connectivity index (χ1n) is 7.84. The largest absolute Gasteiger partial charge is 0.339 e. The Morgan fingerprint density at radius 1 is 1.04 bits per heavy atom. The van der Waals surface area contributed by atoms with Gasteiger partial charge in [-0.15, -0.1) is 0 Å². The molecule has 0 radical (unpaired) electrons. The first-order chi connectivity index (χ1) is 11.1. The van der Waals surface area contributed by atoms with Gasteiger partial charge in [-0.05, 0) is 49.6 Å². The number of aromatic nitrogens is 2. The summed E-state index contributed by atoms with van der Waals surface area (Å²) in [5, 5.41) is 6.78. The molecule has 6 nitrogen and oxygen atoms in total. The molecule has 1 aromatic carbocycles. The van der Waals surface area contributed by atoms with Crippen LogP contribution in [0.15, 0.2) is 36.5 Å². The number of benzene rings is 1. The summed E-state index contributed by atoms with van der Waals surface area (Å²) < 4.78 is 1.52. The number of rotatable bonds is 3. The lowest BCUT2D eigenvalue weighted by molar-refractivity contribution is 0.0724. The van der Waals surface area contributed by atoms with Crippen LogP contribution in [-0.4, -0.2) is 39.6 Å². The average Bonchev–Trinajstić information content (AvgIpc) is 3.02. The Balaban J connectivity index is 1.66. The summed E-state index contributed by atoms with van der Waals surface area (Å²) in [5.41, 5.74) is 1.80. The van der Waals surface area contributed by atoms with Crippen LogP contribution in [0.3, 0.4) is 0 Å². The molecule has 2 aromatic rings. The number of nitrogens with one attached hydrogen (secondary N) is 1. The van der Waals surface area contributed by atoms with E-state index in [2.05, 4.69) is 10.4 Å². The van der Waals surface area contributed by atoms with E-state index in [0.717, 1.165) is 25.9 Å². The van der Waals surface area contributed by atoms with Crippen molar-refractivity contribution in [2.75, 3.05) is 18.4 Å². The lowest BCUT2D eigenvalue weighted by Crippen LogP contribution is -2.35. The zero-order valence-electron chi connectivity index (χ0n) is 13.2. The van der Waals surface area contributed by atoms with Gasteiger partial charge in [0.1, 0.15) is 5.69 Å². The predicted octanol–water partition coefficient (Wildman–Crippen LogP) is 2.30. The maximum Gasteiger partial charge on any atom is 0.273 e. The van der Waals surface area contributed by atoms with E-state index < -0.39 is 0 Å². The van der Waals surface area contributed by atoms with Gasteiger partial charge >= 0.3 is 0 Å². The van der Waals surface area contributed by atoms with E-state index in [0.29, 0.717) is 16.9 Å². The normalized spacial score (nSPS) is 14.6. The van der Waals surface area contributed by atoms with Gasteiger partial charge in [0.15, 0.2) is 0 Å². The summed E-state index contributed by atoms with van der Waals surface area (Å²) in [4.78, 5) is 26.4. The number of nitrogens with zero attached hydrogens (tertiary/aromatic N) is 3. The number of aryl methyl sites for hydroxylation is 1. The summed E-state index contributed by atoms with van der Waals surface area (Å²) >= 11 is 0. The lowest BCUT2D eigenvalue weighted by Gasteiger charge is -2.26. The summed E-state index contributed by atoms with van der Waals surface area (Å²) in [5.74, 6) is -0.158. The maximum absolute atomic E-state index is 12.4. The molecular formula is C17H20N4O2. The molecule has 0 bridgehead atoms. The van der Waals surface area contributed by atoms with Crippen molar-refractivity contribution in [1.29, 1.82) is 0 Å². The fourth-order valence-electron chi connectivity index (χ4n) is 2.77. The topological polar surface area (TPSA) is 67.2 Å². The highest BCUT2D eigenvalue weighted by Gasteiger charge is 2.18. The molecule has 1 fully saturated rings. The molecular weight excluding hydrogens is 292 g/mol. The van der Waals surface area contributed by atoms with Crippen molar-refractivity contribution >= 4 is 17.5 Å². The van der Waals surface area contributed by atoms with Crippen LogP contribution in [0, 0.1) is 0 Å². The second kappa shape index (κ2) is 6.64. The van der Waals surface area contributed by atoms with E-state index in [1.165, 1.54) is 11.1 Å². The Hall–Kier alpha value is -2.63. The molecule has 0 atom stereocenters. The highest BCUT2D eigenvalue weighted by atomic mass is 16.2. The van der Waals surface area contributed by atoms with Crippen molar-refractivity contribution in [3.05, 3.63) is 47.8 Å². The highest BCUT2D eigenvalue weighted by Crippen LogP contribution is 2.16.